The number of alkyl halides is 3. The van der Waals surface area contributed by atoms with E-state index >= 15 is 0 Å². The lowest BCUT2D eigenvalue weighted by atomic mass is 10.2. The first-order chi connectivity index (χ1) is 12.7. The summed E-state index contributed by atoms with van der Waals surface area (Å²) in [6, 6.07) is 8.28. The number of anilines is 1. The van der Waals surface area contributed by atoms with E-state index in [0.29, 0.717) is 11.5 Å². The minimum absolute atomic E-state index is 0.119. The van der Waals surface area contributed by atoms with E-state index in [1.807, 2.05) is 0 Å². The molecule has 9 heteroatoms. The maximum atomic E-state index is 12.5. The molecule has 0 saturated heterocycles. The molecule has 0 aromatic heterocycles. The van der Waals surface area contributed by atoms with Crippen LogP contribution in [0.1, 0.15) is 15.9 Å². The van der Waals surface area contributed by atoms with Crippen molar-refractivity contribution in [2.24, 2.45) is 0 Å². The van der Waals surface area contributed by atoms with Crippen LogP contribution in [0.25, 0.3) is 0 Å². The summed E-state index contributed by atoms with van der Waals surface area (Å²) in [7, 11) is 2.84. The summed E-state index contributed by atoms with van der Waals surface area (Å²) >= 11 is 0. The van der Waals surface area contributed by atoms with Gasteiger partial charge in [-0.3, -0.25) is 4.79 Å². The summed E-state index contributed by atoms with van der Waals surface area (Å²) in [6.45, 7) is -0.612. The lowest BCUT2D eigenvalue weighted by Crippen LogP contribution is -2.21. The Balaban J connectivity index is 1.94. The third-order valence-electron chi connectivity index (χ3n) is 3.42. The SMILES string of the molecule is COc1cc(OC)cc(C(=O)OCC(=O)Nc2ccc(C(F)(F)F)cc2)c1. The van der Waals surface area contributed by atoms with Crippen molar-refractivity contribution in [3.05, 3.63) is 53.6 Å². The maximum Gasteiger partial charge on any atom is 0.416 e. The van der Waals surface area contributed by atoms with Gasteiger partial charge in [-0.15, -0.1) is 0 Å². The van der Waals surface area contributed by atoms with E-state index in [-0.39, 0.29) is 11.3 Å². The number of amides is 1. The molecule has 0 atom stereocenters. The van der Waals surface area contributed by atoms with Gasteiger partial charge in [0.15, 0.2) is 6.61 Å². The molecular weight excluding hydrogens is 367 g/mol. The zero-order valence-corrected chi connectivity index (χ0v) is 14.4. The van der Waals surface area contributed by atoms with E-state index < -0.39 is 30.2 Å². The van der Waals surface area contributed by atoms with Crippen LogP contribution in [-0.2, 0) is 15.7 Å². The fourth-order valence-electron chi connectivity index (χ4n) is 2.08. The molecule has 0 unspecified atom stereocenters. The van der Waals surface area contributed by atoms with Crippen molar-refractivity contribution >= 4 is 17.6 Å². The number of esters is 1. The summed E-state index contributed by atoms with van der Waals surface area (Å²) in [6.07, 6.45) is -4.46. The summed E-state index contributed by atoms with van der Waals surface area (Å²) in [5.74, 6) is -0.737. The van der Waals surface area contributed by atoms with Gasteiger partial charge in [-0.2, -0.15) is 13.2 Å². The zero-order chi connectivity index (χ0) is 20.0. The molecule has 2 aromatic rings. The number of carbonyl (C=O) groups is 2. The highest BCUT2D eigenvalue weighted by Gasteiger charge is 2.30. The van der Waals surface area contributed by atoms with Crippen LogP contribution in [0.3, 0.4) is 0 Å². The van der Waals surface area contributed by atoms with Crippen LogP contribution < -0.4 is 14.8 Å². The number of halogens is 3. The minimum Gasteiger partial charge on any atom is -0.497 e. The zero-order valence-electron chi connectivity index (χ0n) is 14.4. The van der Waals surface area contributed by atoms with Crippen LogP contribution >= 0.6 is 0 Å². The molecular formula is C18H16F3NO5. The number of benzene rings is 2. The van der Waals surface area contributed by atoms with Crippen LogP contribution in [0.4, 0.5) is 18.9 Å². The Bertz CT molecular complexity index is 796. The number of carbonyl (C=O) groups excluding carboxylic acids is 2. The highest BCUT2D eigenvalue weighted by Crippen LogP contribution is 2.29. The number of hydrogen-bond acceptors (Lipinski definition) is 5. The van der Waals surface area contributed by atoms with Gasteiger partial charge in [0.25, 0.3) is 5.91 Å². The van der Waals surface area contributed by atoms with Crippen LogP contribution in [-0.4, -0.2) is 32.7 Å². The minimum atomic E-state index is -4.46. The Morgan fingerprint density at radius 3 is 2.00 bits per heavy atom. The predicted molar refractivity (Wildman–Crippen MR) is 89.9 cm³/mol. The predicted octanol–water partition coefficient (Wildman–Crippen LogP) is 3.52. The number of nitrogens with one attached hydrogen (secondary N) is 1. The molecule has 1 amide bonds. The lowest BCUT2D eigenvalue weighted by molar-refractivity contribution is -0.137. The lowest BCUT2D eigenvalue weighted by Gasteiger charge is -2.10. The van der Waals surface area contributed by atoms with Gasteiger partial charge in [0.2, 0.25) is 0 Å². The van der Waals surface area contributed by atoms with Crippen molar-refractivity contribution < 1.29 is 37.0 Å². The quantitative estimate of drug-likeness (QED) is 0.773. The Labute approximate surface area is 152 Å². The molecule has 0 heterocycles. The average molecular weight is 383 g/mol. The van der Waals surface area contributed by atoms with Crippen molar-refractivity contribution in [3.63, 3.8) is 0 Å². The number of methoxy groups -OCH3 is 2. The van der Waals surface area contributed by atoms with Gasteiger partial charge in [-0.1, -0.05) is 0 Å². The van der Waals surface area contributed by atoms with Crippen molar-refractivity contribution in [2.45, 2.75) is 6.18 Å². The molecule has 0 aliphatic carbocycles. The van der Waals surface area contributed by atoms with E-state index in [4.69, 9.17) is 14.2 Å². The van der Waals surface area contributed by atoms with Gasteiger partial charge in [0, 0.05) is 11.8 Å². The standard InChI is InChI=1S/C18H16F3NO5/c1-25-14-7-11(8-15(9-14)26-2)17(24)27-10-16(23)22-13-5-3-12(4-6-13)18(19,20)21/h3-9H,10H2,1-2H3,(H,22,23). The highest BCUT2D eigenvalue weighted by molar-refractivity contribution is 5.95. The largest absolute Gasteiger partial charge is 0.497 e. The molecule has 0 aliphatic heterocycles. The van der Waals surface area contributed by atoms with Gasteiger partial charge in [-0.05, 0) is 36.4 Å². The maximum absolute atomic E-state index is 12.5. The Hall–Kier alpha value is -3.23. The third-order valence-corrected chi connectivity index (χ3v) is 3.42. The first kappa shape index (κ1) is 20.1. The molecule has 0 fully saturated rings. The molecule has 0 radical (unpaired) electrons. The molecule has 0 aliphatic rings. The monoisotopic (exact) mass is 383 g/mol. The van der Waals surface area contributed by atoms with E-state index in [2.05, 4.69) is 5.32 Å². The van der Waals surface area contributed by atoms with Crippen molar-refractivity contribution in [2.75, 3.05) is 26.1 Å². The Kier molecular flexibility index (Phi) is 6.27. The summed E-state index contributed by atoms with van der Waals surface area (Å²) < 4.78 is 52.5. The molecule has 27 heavy (non-hydrogen) atoms. The van der Waals surface area contributed by atoms with Gasteiger partial charge >= 0.3 is 12.1 Å². The first-order valence-corrected chi connectivity index (χ1v) is 7.60. The topological polar surface area (TPSA) is 73.9 Å². The van der Waals surface area contributed by atoms with E-state index in [0.717, 1.165) is 24.3 Å². The number of hydrogen-bond donors (Lipinski definition) is 1. The third kappa shape index (κ3) is 5.63. The number of ether oxygens (including phenoxy) is 3. The molecule has 6 nitrogen and oxygen atoms in total. The second-order valence-electron chi connectivity index (χ2n) is 5.30. The fourth-order valence-corrected chi connectivity index (χ4v) is 2.08. The summed E-state index contributed by atoms with van der Waals surface area (Å²) in [5, 5.41) is 2.34. The Morgan fingerprint density at radius 2 is 1.52 bits per heavy atom. The summed E-state index contributed by atoms with van der Waals surface area (Å²) in [4.78, 5) is 23.9. The second-order valence-corrected chi connectivity index (χ2v) is 5.30. The van der Waals surface area contributed by atoms with Crippen molar-refractivity contribution in [3.8, 4) is 11.5 Å². The first-order valence-electron chi connectivity index (χ1n) is 7.60. The molecule has 2 rings (SSSR count). The Morgan fingerprint density at radius 1 is 0.963 bits per heavy atom. The fraction of sp³-hybridized carbons (Fsp3) is 0.222. The van der Waals surface area contributed by atoms with Crippen LogP contribution in [0.5, 0.6) is 11.5 Å². The molecule has 144 valence electrons. The van der Waals surface area contributed by atoms with Crippen molar-refractivity contribution in [1.82, 2.24) is 0 Å². The van der Waals surface area contributed by atoms with E-state index in [9.17, 15) is 22.8 Å². The summed E-state index contributed by atoms with van der Waals surface area (Å²) in [5.41, 5.74) is -0.570. The van der Waals surface area contributed by atoms with Crippen LogP contribution in [0, 0.1) is 0 Å². The van der Waals surface area contributed by atoms with Gasteiger partial charge in [0.1, 0.15) is 11.5 Å². The highest BCUT2D eigenvalue weighted by atomic mass is 19.4. The normalized spacial score (nSPS) is 10.9. The average Bonchev–Trinajstić information content (AvgIpc) is 2.65. The molecule has 1 N–H and O–H groups in total. The van der Waals surface area contributed by atoms with Gasteiger partial charge in [-0.25, -0.2) is 4.79 Å². The van der Waals surface area contributed by atoms with Crippen molar-refractivity contribution in [1.29, 1.82) is 0 Å². The molecule has 0 bridgehead atoms. The van der Waals surface area contributed by atoms with Gasteiger partial charge in [0.05, 0.1) is 25.3 Å². The number of rotatable bonds is 6. The smallest absolute Gasteiger partial charge is 0.416 e. The van der Waals surface area contributed by atoms with Crippen LogP contribution in [0.2, 0.25) is 0 Å². The van der Waals surface area contributed by atoms with E-state index in [1.165, 1.54) is 26.4 Å². The van der Waals surface area contributed by atoms with Gasteiger partial charge < -0.3 is 19.5 Å². The van der Waals surface area contributed by atoms with E-state index in [1.54, 1.807) is 6.07 Å². The second kappa shape index (κ2) is 8.43. The molecule has 2 aromatic carbocycles. The molecule has 0 spiro atoms. The molecule has 0 saturated carbocycles. The van der Waals surface area contributed by atoms with Crippen LogP contribution in [0.15, 0.2) is 42.5 Å².